The molecule has 0 bridgehead atoms. The summed E-state index contributed by atoms with van der Waals surface area (Å²) in [5, 5.41) is 1.74. The first-order valence-corrected chi connectivity index (χ1v) is 5.36. The molecule has 1 unspecified atom stereocenters. The Hall–Kier alpha value is -0.610. The van der Waals surface area contributed by atoms with Crippen molar-refractivity contribution >= 4 is 28.8 Å². The molecule has 3 nitrogen and oxygen atoms in total. The van der Waals surface area contributed by atoms with Crippen LogP contribution in [0.2, 0.25) is 0 Å². The first kappa shape index (κ1) is 10.5. The van der Waals surface area contributed by atoms with Crippen LogP contribution in [0.15, 0.2) is 10.9 Å². The fourth-order valence-electron chi connectivity index (χ4n) is 0.803. The number of alkyl halides is 1. The van der Waals surface area contributed by atoms with E-state index in [0.717, 1.165) is 0 Å². The van der Waals surface area contributed by atoms with Gasteiger partial charge >= 0.3 is 0 Å². The van der Waals surface area contributed by atoms with Gasteiger partial charge in [0.1, 0.15) is 5.69 Å². The van der Waals surface area contributed by atoms with Crippen LogP contribution in [0.3, 0.4) is 0 Å². The summed E-state index contributed by atoms with van der Waals surface area (Å²) in [4.78, 5) is 17.2. The van der Waals surface area contributed by atoms with Gasteiger partial charge in [-0.25, -0.2) is 4.98 Å². The molecule has 1 aromatic heterocycles. The van der Waals surface area contributed by atoms with Crippen LogP contribution in [0.1, 0.15) is 17.4 Å². The van der Waals surface area contributed by atoms with Crippen LogP contribution in [-0.2, 0) is 0 Å². The Morgan fingerprint density at radius 2 is 2.54 bits per heavy atom. The van der Waals surface area contributed by atoms with Crippen molar-refractivity contribution in [3.63, 3.8) is 0 Å². The molecule has 1 atom stereocenters. The highest BCUT2D eigenvalue weighted by Gasteiger charge is 2.17. The largest absolute Gasteiger partial charge is 0.336 e. The number of thiazole rings is 1. The van der Waals surface area contributed by atoms with Gasteiger partial charge in [0.15, 0.2) is 0 Å². The van der Waals surface area contributed by atoms with Crippen molar-refractivity contribution in [2.75, 3.05) is 12.9 Å². The van der Waals surface area contributed by atoms with Gasteiger partial charge in [-0.05, 0) is 6.92 Å². The third-order valence-corrected chi connectivity index (χ3v) is 2.89. The van der Waals surface area contributed by atoms with Crippen molar-refractivity contribution in [3.05, 3.63) is 16.6 Å². The number of aromatic nitrogens is 1. The number of nitrogens with zero attached hydrogens (tertiary/aromatic N) is 2. The van der Waals surface area contributed by atoms with E-state index in [1.807, 2.05) is 6.92 Å². The van der Waals surface area contributed by atoms with E-state index < -0.39 is 0 Å². The topological polar surface area (TPSA) is 33.2 Å². The van der Waals surface area contributed by atoms with Gasteiger partial charge in [-0.3, -0.25) is 4.79 Å². The van der Waals surface area contributed by atoms with E-state index in [4.69, 9.17) is 11.6 Å². The Morgan fingerprint density at radius 3 is 3.00 bits per heavy atom. The number of carbonyl (C=O) groups is 1. The molecule has 0 aromatic carbocycles. The zero-order valence-corrected chi connectivity index (χ0v) is 9.10. The van der Waals surface area contributed by atoms with Crippen molar-refractivity contribution in [2.24, 2.45) is 0 Å². The molecule has 0 N–H and O–H groups in total. The summed E-state index contributed by atoms with van der Waals surface area (Å²) in [5.41, 5.74) is 2.14. The van der Waals surface area contributed by atoms with Crippen LogP contribution in [0.5, 0.6) is 0 Å². The molecule has 0 aliphatic carbocycles. The zero-order valence-electron chi connectivity index (χ0n) is 7.53. The van der Waals surface area contributed by atoms with E-state index in [9.17, 15) is 4.79 Å². The first-order valence-electron chi connectivity index (χ1n) is 3.88. The number of rotatable bonds is 3. The zero-order chi connectivity index (χ0) is 9.84. The predicted molar refractivity (Wildman–Crippen MR) is 54.4 cm³/mol. The van der Waals surface area contributed by atoms with Crippen LogP contribution >= 0.6 is 22.9 Å². The quantitative estimate of drug-likeness (QED) is 0.726. The summed E-state index contributed by atoms with van der Waals surface area (Å²) in [6.07, 6.45) is 0. The number of hydrogen-bond donors (Lipinski definition) is 0. The number of halogens is 1. The lowest BCUT2D eigenvalue weighted by Gasteiger charge is -2.21. The fourth-order valence-corrected chi connectivity index (χ4v) is 1.54. The highest BCUT2D eigenvalue weighted by Crippen LogP contribution is 2.07. The Balaban J connectivity index is 2.68. The van der Waals surface area contributed by atoms with E-state index in [1.54, 1.807) is 22.8 Å². The van der Waals surface area contributed by atoms with Crippen molar-refractivity contribution in [1.29, 1.82) is 0 Å². The molecule has 0 radical (unpaired) electrons. The second-order valence-electron chi connectivity index (χ2n) is 2.79. The molecule has 5 heteroatoms. The van der Waals surface area contributed by atoms with Crippen molar-refractivity contribution < 1.29 is 4.79 Å². The molecule has 13 heavy (non-hydrogen) atoms. The normalized spacial score (nSPS) is 12.5. The van der Waals surface area contributed by atoms with Gasteiger partial charge in [0.25, 0.3) is 5.91 Å². The average molecular weight is 219 g/mol. The highest BCUT2D eigenvalue weighted by atomic mass is 35.5. The number of amides is 1. The maximum absolute atomic E-state index is 11.6. The minimum absolute atomic E-state index is 0.0378. The lowest BCUT2D eigenvalue weighted by Crippen LogP contribution is -2.36. The maximum atomic E-state index is 11.6. The summed E-state index contributed by atoms with van der Waals surface area (Å²) < 4.78 is 0. The van der Waals surface area contributed by atoms with Gasteiger partial charge in [0.05, 0.1) is 5.51 Å². The molecule has 1 heterocycles. The molecule has 1 aromatic rings. The van der Waals surface area contributed by atoms with E-state index in [2.05, 4.69) is 4.98 Å². The fraction of sp³-hybridized carbons (Fsp3) is 0.500. The van der Waals surface area contributed by atoms with Crippen LogP contribution in [0, 0.1) is 0 Å². The van der Waals surface area contributed by atoms with Gasteiger partial charge in [0.2, 0.25) is 0 Å². The number of carbonyl (C=O) groups excluding carboxylic acids is 1. The van der Waals surface area contributed by atoms with Crippen molar-refractivity contribution in [3.8, 4) is 0 Å². The third-order valence-electron chi connectivity index (χ3n) is 1.86. The summed E-state index contributed by atoms with van der Waals surface area (Å²) in [7, 11) is 1.73. The molecule has 0 saturated carbocycles. The van der Waals surface area contributed by atoms with Crippen LogP contribution < -0.4 is 0 Å². The van der Waals surface area contributed by atoms with E-state index in [0.29, 0.717) is 11.6 Å². The molecule has 0 spiro atoms. The minimum Gasteiger partial charge on any atom is -0.336 e. The van der Waals surface area contributed by atoms with Crippen LogP contribution in [0.4, 0.5) is 0 Å². The molecular formula is C8H11ClN2OS. The minimum atomic E-state index is -0.0746. The molecule has 1 amide bonds. The predicted octanol–water partition coefficient (Wildman–Crippen LogP) is 1.84. The molecule has 1 rings (SSSR count). The second kappa shape index (κ2) is 4.58. The maximum Gasteiger partial charge on any atom is 0.273 e. The smallest absolute Gasteiger partial charge is 0.273 e. The van der Waals surface area contributed by atoms with Gasteiger partial charge < -0.3 is 4.90 Å². The summed E-state index contributed by atoms with van der Waals surface area (Å²) in [6, 6.07) is 0.0378. The SMILES string of the molecule is CC(CCl)N(C)C(=O)c1cscn1. The van der Waals surface area contributed by atoms with Gasteiger partial charge in [-0.2, -0.15) is 0 Å². The summed E-state index contributed by atoms with van der Waals surface area (Å²) in [5.74, 6) is 0.362. The average Bonchev–Trinajstić information content (AvgIpc) is 2.67. The van der Waals surface area contributed by atoms with Gasteiger partial charge in [-0.15, -0.1) is 22.9 Å². The Labute approximate surface area is 86.3 Å². The van der Waals surface area contributed by atoms with Crippen LogP contribution in [-0.4, -0.2) is 34.8 Å². The van der Waals surface area contributed by atoms with E-state index in [1.165, 1.54) is 11.3 Å². The molecule has 0 aliphatic heterocycles. The lowest BCUT2D eigenvalue weighted by molar-refractivity contribution is 0.0751. The Kier molecular flexibility index (Phi) is 3.69. The lowest BCUT2D eigenvalue weighted by atomic mass is 10.3. The van der Waals surface area contributed by atoms with E-state index in [-0.39, 0.29) is 11.9 Å². The van der Waals surface area contributed by atoms with E-state index >= 15 is 0 Å². The molecule has 0 aliphatic rings. The Morgan fingerprint density at radius 1 is 1.85 bits per heavy atom. The summed E-state index contributed by atoms with van der Waals surface area (Å²) >= 11 is 7.05. The van der Waals surface area contributed by atoms with Gasteiger partial charge in [-0.1, -0.05) is 0 Å². The monoisotopic (exact) mass is 218 g/mol. The Bertz CT molecular complexity index is 276. The summed E-state index contributed by atoms with van der Waals surface area (Å²) in [6.45, 7) is 1.90. The molecule has 72 valence electrons. The highest BCUT2D eigenvalue weighted by molar-refractivity contribution is 7.07. The standard InChI is InChI=1S/C8H11ClN2OS/c1-6(3-9)11(2)8(12)7-4-13-5-10-7/h4-6H,3H2,1-2H3. The van der Waals surface area contributed by atoms with Crippen molar-refractivity contribution in [2.45, 2.75) is 13.0 Å². The van der Waals surface area contributed by atoms with Crippen molar-refractivity contribution in [1.82, 2.24) is 9.88 Å². The van der Waals surface area contributed by atoms with Gasteiger partial charge in [0, 0.05) is 24.3 Å². The second-order valence-corrected chi connectivity index (χ2v) is 3.82. The third kappa shape index (κ3) is 2.42. The molecular weight excluding hydrogens is 208 g/mol. The number of hydrogen-bond acceptors (Lipinski definition) is 3. The molecule has 0 fully saturated rings. The first-order chi connectivity index (χ1) is 6.16. The van der Waals surface area contributed by atoms with Crippen LogP contribution in [0.25, 0.3) is 0 Å². The molecule has 0 saturated heterocycles.